The van der Waals surface area contributed by atoms with Crippen LogP contribution in [0.25, 0.3) is 0 Å². The van der Waals surface area contributed by atoms with E-state index in [-0.39, 0.29) is 46.7 Å². The SMILES string of the molecule is CN/C=C\C(=N)NC(=O)c1cc(Oc2ccc(C(=O)N3CCCCC3)cc2F)cc(O[C@@H](C)CO)c1. The molecule has 0 radical (unpaired) electrons. The van der Waals surface area contributed by atoms with Crippen molar-refractivity contribution < 1.29 is 28.6 Å². The molecule has 0 saturated carbocycles. The Kier molecular flexibility index (Phi) is 9.40. The standard InChI is InChI=1S/C26H31FN4O5/c1-17(16-32)35-20-12-19(25(33)30-24(28)8-9-29-2)13-21(15-20)36-23-7-6-18(14-22(23)27)26(34)31-10-4-3-5-11-31/h6-9,12-15,17,29,32H,3-5,10-11,16H2,1-2H3,(H2,28,30,33)/b9-8-/t17-/m0/s1. The third kappa shape index (κ3) is 7.29. The van der Waals surface area contributed by atoms with E-state index < -0.39 is 17.8 Å². The van der Waals surface area contributed by atoms with Crippen LogP contribution >= 0.6 is 0 Å². The average Bonchev–Trinajstić information content (AvgIpc) is 2.88. The fourth-order valence-electron chi connectivity index (χ4n) is 3.63. The van der Waals surface area contributed by atoms with Gasteiger partial charge >= 0.3 is 0 Å². The Balaban J connectivity index is 1.83. The van der Waals surface area contributed by atoms with E-state index in [1.54, 1.807) is 18.9 Å². The molecule has 192 valence electrons. The van der Waals surface area contributed by atoms with Crippen LogP contribution in [-0.4, -0.2) is 60.5 Å². The van der Waals surface area contributed by atoms with Gasteiger partial charge in [-0.05, 0) is 68.8 Å². The summed E-state index contributed by atoms with van der Waals surface area (Å²) in [6.07, 6.45) is 5.24. The second kappa shape index (κ2) is 12.7. The Morgan fingerprint density at radius 1 is 1.14 bits per heavy atom. The van der Waals surface area contributed by atoms with Gasteiger partial charge in [-0.15, -0.1) is 0 Å². The number of amides is 2. The Morgan fingerprint density at radius 3 is 2.53 bits per heavy atom. The first kappa shape index (κ1) is 26.7. The maximum Gasteiger partial charge on any atom is 0.257 e. The molecule has 2 amide bonds. The Labute approximate surface area is 209 Å². The molecule has 4 N–H and O–H groups in total. The van der Waals surface area contributed by atoms with Crippen molar-refractivity contribution in [2.75, 3.05) is 26.7 Å². The van der Waals surface area contributed by atoms with Crippen molar-refractivity contribution >= 4 is 17.6 Å². The van der Waals surface area contributed by atoms with Crippen LogP contribution in [0.3, 0.4) is 0 Å². The number of piperidine rings is 1. The van der Waals surface area contributed by atoms with E-state index in [0.29, 0.717) is 13.1 Å². The number of nitrogens with one attached hydrogen (secondary N) is 3. The minimum absolute atomic E-state index is 0.104. The van der Waals surface area contributed by atoms with Crippen LogP contribution in [-0.2, 0) is 0 Å². The highest BCUT2D eigenvalue weighted by molar-refractivity contribution is 6.09. The van der Waals surface area contributed by atoms with Crippen molar-refractivity contribution in [1.29, 1.82) is 5.41 Å². The zero-order valence-corrected chi connectivity index (χ0v) is 20.3. The first-order valence-corrected chi connectivity index (χ1v) is 11.7. The quantitative estimate of drug-likeness (QED) is 0.310. The number of aliphatic hydroxyl groups excluding tert-OH is 1. The zero-order chi connectivity index (χ0) is 26.1. The molecule has 0 spiro atoms. The lowest BCUT2D eigenvalue weighted by atomic mass is 10.1. The molecule has 1 atom stereocenters. The van der Waals surface area contributed by atoms with Crippen LogP contribution in [0, 0.1) is 11.2 Å². The number of benzene rings is 2. The number of carbonyl (C=O) groups is 2. The average molecular weight is 499 g/mol. The molecule has 1 aliphatic heterocycles. The number of aliphatic hydroxyl groups is 1. The van der Waals surface area contributed by atoms with Crippen LogP contribution in [0.15, 0.2) is 48.7 Å². The highest BCUT2D eigenvalue weighted by Gasteiger charge is 2.20. The van der Waals surface area contributed by atoms with E-state index in [1.165, 1.54) is 42.6 Å². The number of likely N-dealkylation sites (tertiary alicyclic amines) is 1. The minimum atomic E-state index is -0.724. The van der Waals surface area contributed by atoms with Crippen LogP contribution in [0.1, 0.15) is 46.9 Å². The number of hydrogen-bond donors (Lipinski definition) is 4. The molecule has 0 aliphatic carbocycles. The van der Waals surface area contributed by atoms with Crippen LogP contribution in [0.2, 0.25) is 0 Å². The van der Waals surface area contributed by atoms with Crippen molar-refractivity contribution in [1.82, 2.24) is 15.5 Å². The van der Waals surface area contributed by atoms with Crippen molar-refractivity contribution in [3.8, 4) is 17.2 Å². The summed E-state index contributed by atoms with van der Waals surface area (Å²) in [5.74, 6) is -1.50. The summed E-state index contributed by atoms with van der Waals surface area (Å²) in [5.41, 5.74) is 0.344. The first-order valence-electron chi connectivity index (χ1n) is 11.7. The van der Waals surface area contributed by atoms with E-state index in [0.717, 1.165) is 25.3 Å². The summed E-state index contributed by atoms with van der Waals surface area (Å²) in [6, 6.07) is 8.29. The summed E-state index contributed by atoms with van der Waals surface area (Å²) >= 11 is 0. The van der Waals surface area contributed by atoms with E-state index in [9.17, 15) is 19.1 Å². The Hall–Kier alpha value is -3.92. The van der Waals surface area contributed by atoms with Crippen LogP contribution in [0.4, 0.5) is 4.39 Å². The summed E-state index contributed by atoms with van der Waals surface area (Å²) in [5, 5.41) is 22.3. The Bertz CT molecular complexity index is 1130. The fourth-order valence-corrected chi connectivity index (χ4v) is 3.63. The summed E-state index contributed by atoms with van der Waals surface area (Å²) in [6.45, 7) is 2.70. The van der Waals surface area contributed by atoms with Gasteiger partial charge in [0.15, 0.2) is 11.6 Å². The van der Waals surface area contributed by atoms with Gasteiger partial charge in [-0.25, -0.2) is 4.39 Å². The second-order valence-electron chi connectivity index (χ2n) is 8.39. The topological polar surface area (TPSA) is 124 Å². The maximum absolute atomic E-state index is 14.9. The van der Waals surface area contributed by atoms with Crippen molar-refractivity contribution in [3.63, 3.8) is 0 Å². The number of carbonyl (C=O) groups excluding carboxylic acids is 2. The molecule has 2 aromatic carbocycles. The lowest BCUT2D eigenvalue weighted by molar-refractivity contribution is 0.0723. The van der Waals surface area contributed by atoms with Gasteiger partial charge in [0.25, 0.3) is 11.8 Å². The molecule has 0 aromatic heterocycles. The van der Waals surface area contributed by atoms with Crippen LogP contribution in [0.5, 0.6) is 17.2 Å². The number of amidine groups is 1. The first-order chi connectivity index (χ1) is 17.3. The Morgan fingerprint density at radius 2 is 1.86 bits per heavy atom. The predicted octanol–water partition coefficient (Wildman–Crippen LogP) is 3.44. The number of halogens is 1. The lowest BCUT2D eigenvalue weighted by Gasteiger charge is -2.26. The molecule has 3 rings (SSSR count). The van der Waals surface area contributed by atoms with Gasteiger partial charge in [0.1, 0.15) is 23.4 Å². The van der Waals surface area contributed by atoms with Gasteiger partial charge in [-0.2, -0.15) is 0 Å². The molecule has 0 unspecified atom stereocenters. The van der Waals surface area contributed by atoms with E-state index in [1.807, 2.05) is 0 Å². The van der Waals surface area contributed by atoms with Gasteiger partial charge in [0, 0.05) is 37.3 Å². The summed E-state index contributed by atoms with van der Waals surface area (Å²) in [7, 11) is 1.66. The number of rotatable bonds is 9. The van der Waals surface area contributed by atoms with Crippen LogP contribution < -0.4 is 20.1 Å². The molecule has 2 aromatic rings. The fraction of sp³-hybridized carbons (Fsp3) is 0.346. The molecule has 9 nitrogen and oxygen atoms in total. The lowest BCUT2D eigenvalue weighted by Crippen LogP contribution is -2.35. The zero-order valence-electron chi connectivity index (χ0n) is 20.3. The van der Waals surface area contributed by atoms with Gasteiger partial charge < -0.3 is 30.1 Å². The third-order valence-electron chi connectivity index (χ3n) is 5.45. The molecule has 1 heterocycles. The van der Waals surface area contributed by atoms with Gasteiger partial charge in [-0.1, -0.05) is 0 Å². The van der Waals surface area contributed by atoms with Gasteiger partial charge in [0.2, 0.25) is 0 Å². The molecule has 1 aliphatic rings. The summed E-state index contributed by atoms with van der Waals surface area (Å²) < 4.78 is 26.2. The molecular formula is C26H31FN4O5. The smallest absolute Gasteiger partial charge is 0.257 e. The van der Waals surface area contributed by atoms with Crippen molar-refractivity contribution in [3.05, 3.63) is 65.6 Å². The maximum atomic E-state index is 14.9. The normalized spacial score (nSPS) is 14.3. The molecule has 36 heavy (non-hydrogen) atoms. The third-order valence-corrected chi connectivity index (χ3v) is 5.45. The van der Waals surface area contributed by atoms with Crippen molar-refractivity contribution in [2.24, 2.45) is 0 Å². The van der Waals surface area contributed by atoms with E-state index in [4.69, 9.17) is 14.9 Å². The predicted molar refractivity (Wildman–Crippen MR) is 133 cm³/mol. The molecule has 1 saturated heterocycles. The monoisotopic (exact) mass is 498 g/mol. The molecular weight excluding hydrogens is 467 g/mol. The van der Waals surface area contributed by atoms with Crippen molar-refractivity contribution in [2.45, 2.75) is 32.3 Å². The van der Waals surface area contributed by atoms with E-state index >= 15 is 0 Å². The molecule has 0 bridgehead atoms. The minimum Gasteiger partial charge on any atom is -0.488 e. The number of nitrogens with zero attached hydrogens (tertiary/aromatic N) is 1. The largest absolute Gasteiger partial charge is 0.488 e. The molecule has 10 heteroatoms. The van der Waals surface area contributed by atoms with E-state index in [2.05, 4.69) is 10.6 Å². The number of hydrogen-bond acceptors (Lipinski definition) is 7. The highest BCUT2D eigenvalue weighted by atomic mass is 19.1. The summed E-state index contributed by atoms with van der Waals surface area (Å²) in [4.78, 5) is 27.1. The second-order valence-corrected chi connectivity index (χ2v) is 8.39. The molecule has 1 fully saturated rings. The highest BCUT2D eigenvalue weighted by Crippen LogP contribution is 2.30. The number of ether oxygens (including phenoxy) is 2. The van der Waals surface area contributed by atoms with Gasteiger partial charge in [0.05, 0.1) is 6.61 Å². The van der Waals surface area contributed by atoms with Gasteiger partial charge in [-0.3, -0.25) is 15.0 Å².